The van der Waals surface area contributed by atoms with Crippen LogP contribution in [0.15, 0.2) is 0 Å². The van der Waals surface area contributed by atoms with Gasteiger partial charge in [0.2, 0.25) is 35.4 Å². The average Bonchev–Trinajstić information content (AvgIpc) is 3.49. The van der Waals surface area contributed by atoms with Gasteiger partial charge < -0.3 is 41.3 Å². The number of rotatable bonds is 15. The minimum Gasteiger partial charge on any atom is -0.391 e. The van der Waals surface area contributed by atoms with Crippen molar-refractivity contribution in [1.29, 1.82) is 0 Å². The van der Waals surface area contributed by atoms with Gasteiger partial charge >= 0.3 is 0 Å². The van der Waals surface area contributed by atoms with Crippen LogP contribution in [-0.2, 0) is 28.8 Å². The first kappa shape index (κ1) is 41.2. The maximum atomic E-state index is 13.9. The van der Waals surface area contributed by atoms with Crippen LogP contribution >= 0.6 is 0 Å². The highest BCUT2D eigenvalue weighted by Gasteiger charge is 2.43. The third-order valence-electron chi connectivity index (χ3n) is 10.5. The van der Waals surface area contributed by atoms with Crippen LogP contribution in [0.5, 0.6) is 0 Å². The van der Waals surface area contributed by atoms with Gasteiger partial charge in [0.05, 0.1) is 12.2 Å². The van der Waals surface area contributed by atoms with E-state index in [-0.39, 0.29) is 36.6 Å². The van der Waals surface area contributed by atoms with Gasteiger partial charge in [-0.15, -0.1) is 0 Å². The van der Waals surface area contributed by atoms with Gasteiger partial charge in [-0.1, -0.05) is 59.8 Å². The quantitative estimate of drug-likeness (QED) is 0.145. The zero-order valence-corrected chi connectivity index (χ0v) is 30.9. The van der Waals surface area contributed by atoms with Gasteiger partial charge in [-0.3, -0.25) is 28.8 Å². The molecule has 2 heterocycles. The maximum absolute atomic E-state index is 13.9. The van der Waals surface area contributed by atoms with E-state index in [0.29, 0.717) is 51.1 Å². The Balaban J connectivity index is 1.65. The molecule has 3 aliphatic rings. The molecule has 6 N–H and O–H groups in total. The van der Waals surface area contributed by atoms with Crippen LogP contribution in [0, 0.1) is 17.8 Å². The fraction of sp³-hybridized carbons (Fsp3) is 0.833. The lowest BCUT2D eigenvalue weighted by Gasteiger charge is -2.38. The Hall–Kier alpha value is -3.26. The van der Waals surface area contributed by atoms with Crippen LogP contribution in [0.3, 0.4) is 0 Å². The zero-order chi connectivity index (χ0) is 37.1. The second-order valence-corrected chi connectivity index (χ2v) is 15.1. The fourth-order valence-electron chi connectivity index (χ4n) is 7.49. The number of hydrogen-bond donors (Lipinski definition) is 6. The van der Waals surface area contributed by atoms with E-state index in [1.807, 2.05) is 20.8 Å². The normalized spacial score (nSPS) is 24.5. The molecule has 0 aromatic heterocycles. The molecule has 8 atom stereocenters. The van der Waals surface area contributed by atoms with E-state index in [0.717, 1.165) is 12.8 Å². The minimum atomic E-state index is -1.25. The van der Waals surface area contributed by atoms with Crippen molar-refractivity contribution in [3.8, 4) is 0 Å². The van der Waals surface area contributed by atoms with Gasteiger partial charge in [0.25, 0.3) is 0 Å². The van der Waals surface area contributed by atoms with Crippen molar-refractivity contribution in [3.63, 3.8) is 0 Å². The molecule has 1 aliphatic carbocycles. The molecule has 2 aliphatic heterocycles. The lowest BCUT2D eigenvalue weighted by atomic mass is 9.79. The van der Waals surface area contributed by atoms with Gasteiger partial charge in [0.15, 0.2) is 0 Å². The molecule has 1 saturated carbocycles. The number of nitrogens with one attached hydrogen (secondary N) is 4. The van der Waals surface area contributed by atoms with E-state index in [4.69, 9.17) is 0 Å². The number of hydrogen-bond acceptors (Lipinski definition) is 8. The monoisotopic (exact) mass is 706 g/mol. The van der Waals surface area contributed by atoms with E-state index in [1.54, 1.807) is 0 Å². The summed E-state index contributed by atoms with van der Waals surface area (Å²) in [5.74, 6) is -2.36. The van der Waals surface area contributed by atoms with E-state index in [9.17, 15) is 39.0 Å². The minimum absolute atomic E-state index is 0.0754. The van der Waals surface area contributed by atoms with Crippen LogP contribution in [0.1, 0.15) is 112 Å². The van der Waals surface area contributed by atoms with Gasteiger partial charge in [0, 0.05) is 32.5 Å². The summed E-state index contributed by atoms with van der Waals surface area (Å²) in [7, 11) is 0. The number of amides is 6. The number of carbonyl (C=O) groups is 6. The molecule has 0 bridgehead atoms. The molecule has 6 amide bonds. The number of carbonyl (C=O) groups excluding carboxylic acids is 6. The molecule has 14 nitrogen and oxygen atoms in total. The third-order valence-corrected chi connectivity index (χ3v) is 10.5. The smallest absolute Gasteiger partial charge is 0.246 e. The Kier molecular flexibility index (Phi) is 16.0. The molecule has 284 valence electrons. The topological polar surface area (TPSA) is 197 Å². The van der Waals surface area contributed by atoms with E-state index < -0.39 is 66.0 Å². The second-order valence-electron chi connectivity index (χ2n) is 15.1. The van der Waals surface area contributed by atoms with Gasteiger partial charge in [-0.25, -0.2) is 0 Å². The molecule has 14 heteroatoms. The molecule has 3 fully saturated rings. The highest BCUT2D eigenvalue weighted by molar-refractivity contribution is 5.96. The first-order valence-electron chi connectivity index (χ1n) is 18.8. The molecular weight excluding hydrogens is 644 g/mol. The van der Waals surface area contributed by atoms with Crippen molar-refractivity contribution in [2.24, 2.45) is 17.8 Å². The average molecular weight is 707 g/mol. The van der Waals surface area contributed by atoms with Crippen molar-refractivity contribution < 1.29 is 39.0 Å². The third kappa shape index (κ3) is 11.1. The standard InChI is InChI=1S/C36H62N6O8/c1-7-16-37-34(48)31(24(6)43)40-33(47)28-19-26(44)20-42(28)35(49)23(5)38-32(46)27-15-11-12-17-41(27)36(50)30(21(2)3)39-29(45)18-22(4)25-13-9-8-10-14-25/h21-28,30-31,43-44H,7-20H2,1-6H3,(H,37,48)(H,38,46)(H,39,45)(H,40,47)/t22-,23-,24+,26-,27-,28-,30-,31-/m0/s1. The van der Waals surface area contributed by atoms with Crippen molar-refractivity contribution in [2.45, 2.75) is 155 Å². The van der Waals surface area contributed by atoms with Gasteiger partial charge in [0.1, 0.15) is 30.2 Å². The zero-order valence-electron chi connectivity index (χ0n) is 30.9. The second kappa shape index (κ2) is 19.4. The lowest BCUT2D eigenvalue weighted by molar-refractivity contribution is -0.147. The van der Waals surface area contributed by atoms with Crippen LogP contribution in [0.25, 0.3) is 0 Å². The number of β-amino-alcohol motifs (C(OH)–C–C–N with tert-alkyl or cyclic N) is 1. The highest BCUT2D eigenvalue weighted by atomic mass is 16.3. The summed E-state index contributed by atoms with van der Waals surface area (Å²) in [5, 5.41) is 31.4. The van der Waals surface area contributed by atoms with Crippen molar-refractivity contribution in [1.82, 2.24) is 31.1 Å². The number of aliphatic hydroxyl groups excluding tert-OH is 2. The van der Waals surface area contributed by atoms with Crippen LogP contribution in [-0.4, -0.2) is 118 Å². The van der Waals surface area contributed by atoms with Crippen molar-refractivity contribution in [2.75, 3.05) is 19.6 Å². The van der Waals surface area contributed by atoms with E-state index in [1.165, 1.54) is 42.9 Å². The fourth-order valence-corrected chi connectivity index (χ4v) is 7.49. The van der Waals surface area contributed by atoms with Crippen LogP contribution in [0.2, 0.25) is 0 Å². The van der Waals surface area contributed by atoms with Crippen molar-refractivity contribution in [3.05, 3.63) is 0 Å². The molecule has 0 spiro atoms. The lowest BCUT2D eigenvalue weighted by Crippen LogP contribution is -2.61. The molecular formula is C36H62N6O8. The number of nitrogens with zero attached hydrogens (tertiary/aromatic N) is 2. The van der Waals surface area contributed by atoms with Gasteiger partial charge in [-0.2, -0.15) is 0 Å². The molecule has 0 aromatic rings. The Labute approximate surface area is 297 Å². The highest BCUT2D eigenvalue weighted by Crippen LogP contribution is 2.31. The first-order valence-corrected chi connectivity index (χ1v) is 18.8. The number of piperidine rings is 1. The van der Waals surface area contributed by atoms with Gasteiger partial charge in [-0.05, 0) is 57.3 Å². The van der Waals surface area contributed by atoms with Crippen LogP contribution < -0.4 is 21.3 Å². The Morgan fingerprint density at radius 2 is 1.40 bits per heavy atom. The Morgan fingerprint density at radius 3 is 2.02 bits per heavy atom. The van der Waals surface area contributed by atoms with E-state index in [2.05, 4.69) is 28.2 Å². The molecule has 0 aromatic carbocycles. The van der Waals surface area contributed by atoms with Crippen LogP contribution in [0.4, 0.5) is 0 Å². The predicted molar refractivity (Wildman–Crippen MR) is 187 cm³/mol. The number of aliphatic hydroxyl groups is 2. The van der Waals surface area contributed by atoms with Crippen molar-refractivity contribution >= 4 is 35.4 Å². The summed E-state index contributed by atoms with van der Waals surface area (Å²) in [6.07, 6.45) is 6.38. The molecule has 0 unspecified atom stereocenters. The number of likely N-dealkylation sites (tertiary alicyclic amines) is 2. The summed E-state index contributed by atoms with van der Waals surface area (Å²) in [5.41, 5.74) is 0. The largest absolute Gasteiger partial charge is 0.391 e. The predicted octanol–water partition coefficient (Wildman–Crippen LogP) is 0.973. The molecule has 50 heavy (non-hydrogen) atoms. The van der Waals surface area contributed by atoms with E-state index >= 15 is 0 Å². The molecule has 0 radical (unpaired) electrons. The summed E-state index contributed by atoms with van der Waals surface area (Å²) >= 11 is 0. The Bertz CT molecular complexity index is 1190. The summed E-state index contributed by atoms with van der Waals surface area (Å²) < 4.78 is 0. The Morgan fingerprint density at radius 1 is 0.760 bits per heavy atom. The summed E-state index contributed by atoms with van der Waals surface area (Å²) in [6, 6.07) is -5.11. The summed E-state index contributed by atoms with van der Waals surface area (Å²) in [6.45, 7) is 11.1. The molecule has 2 saturated heterocycles. The maximum Gasteiger partial charge on any atom is 0.246 e. The SMILES string of the molecule is CCCNC(=O)[C@@H](NC(=O)[C@@H]1C[C@H](O)CN1C(=O)[C@H](C)NC(=O)[C@@H]1CCCCN1C(=O)[C@@H](NC(=O)C[C@H](C)C1CCCCC1)C(C)C)[C@@H](C)O. The summed E-state index contributed by atoms with van der Waals surface area (Å²) in [4.78, 5) is 82.9. The first-order chi connectivity index (χ1) is 23.7. The molecule has 3 rings (SSSR count).